The van der Waals surface area contributed by atoms with E-state index in [9.17, 15) is 9.59 Å². The molecule has 0 saturated carbocycles. The Morgan fingerprint density at radius 1 is 1.04 bits per heavy atom. The number of fused-ring (bicyclic) bond motifs is 6. The molecule has 0 aliphatic carbocycles. The number of aromatic nitrogens is 2. The van der Waals surface area contributed by atoms with Gasteiger partial charge in [0.15, 0.2) is 0 Å². The van der Waals surface area contributed by atoms with Gasteiger partial charge in [0, 0.05) is 0 Å². The quantitative estimate of drug-likeness (QED) is 0.744. The first-order valence-electron chi connectivity index (χ1n) is 7.73. The molecule has 0 spiro atoms. The Kier molecular flexibility index (Phi) is 2.17. The summed E-state index contributed by atoms with van der Waals surface area (Å²) in [5.41, 5.74) is 0.553. The summed E-state index contributed by atoms with van der Waals surface area (Å²) in [5, 5.41) is 7.53. The fourth-order valence-electron chi connectivity index (χ4n) is 4.63. The Labute approximate surface area is 131 Å². The minimum atomic E-state index is -0.541. The number of carbonyl (C=O) groups is 2. The first-order valence-corrected chi connectivity index (χ1v) is 7.73. The number of amides is 2. The van der Waals surface area contributed by atoms with E-state index in [0.29, 0.717) is 16.7 Å². The van der Waals surface area contributed by atoms with Crippen molar-refractivity contribution in [3.05, 3.63) is 18.2 Å². The Balaban J connectivity index is 1.63. The summed E-state index contributed by atoms with van der Waals surface area (Å²) >= 11 is 0. The van der Waals surface area contributed by atoms with Gasteiger partial charge in [-0.25, -0.2) is 9.53 Å². The maximum absolute atomic E-state index is 13.0. The first kappa shape index (κ1) is 13.2. The lowest BCUT2D eigenvalue weighted by atomic mass is 9.69. The molecule has 2 bridgehead atoms. The number of anilines is 1. The first-order chi connectivity index (χ1) is 10.9. The van der Waals surface area contributed by atoms with E-state index in [1.807, 2.05) is 13.8 Å². The fraction of sp³-hybridized carbons (Fsp3) is 0.500. The van der Waals surface area contributed by atoms with Gasteiger partial charge in [-0.3, -0.25) is 9.59 Å². The van der Waals surface area contributed by atoms with Gasteiger partial charge in [0.05, 0.1) is 28.7 Å². The molecule has 4 unspecified atom stereocenters. The lowest BCUT2D eigenvalue weighted by molar-refractivity contribution is -0.129. The molecule has 7 nitrogen and oxygen atoms in total. The normalized spacial score (nSPS) is 38.8. The predicted octanol–water partition coefficient (Wildman–Crippen LogP) is 1.67. The van der Waals surface area contributed by atoms with Crippen molar-refractivity contribution >= 4 is 28.5 Å². The summed E-state index contributed by atoms with van der Waals surface area (Å²) < 4.78 is 10.8. The third-order valence-corrected chi connectivity index (χ3v) is 5.70. The molecule has 7 heteroatoms. The molecule has 2 amide bonds. The molecule has 5 rings (SSSR count). The molecule has 118 valence electrons. The molecular formula is C16H15N3O4. The molecule has 3 saturated heterocycles. The molecular weight excluding hydrogens is 298 g/mol. The number of imide groups is 1. The van der Waals surface area contributed by atoms with E-state index in [4.69, 9.17) is 4.74 Å². The van der Waals surface area contributed by atoms with Crippen LogP contribution in [-0.2, 0) is 14.3 Å². The van der Waals surface area contributed by atoms with Gasteiger partial charge in [0.2, 0.25) is 11.8 Å². The molecule has 1 aromatic carbocycles. The van der Waals surface area contributed by atoms with Gasteiger partial charge in [0.1, 0.15) is 11.0 Å². The van der Waals surface area contributed by atoms with E-state index in [-0.39, 0.29) is 11.8 Å². The molecule has 23 heavy (non-hydrogen) atoms. The standard InChI is InChI=1S/C16H15N3O4/c1-15-5-6-16(2,22-15)12-11(15)13(20)19(14(12)21)8-3-4-9-10(7-8)18-23-17-9/h3-4,7,11-12H,5-6H2,1-2H3. The second-order valence-electron chi connectivity index (χ2n) is 7.13. The van der Waals surface area contributed by atoms with Crippen LogP contribution in [0.2, 0.25) is 0 Å². The summed E-state index contributed by atoms with van der Waals surface area (Å²) in [6, 6.07) is 5.07. The van der Waals surface area contributed by atoms with E-state index < -0.39 is 23.0 Å². The largest absolute Gasteiger partial charge is 0.367 e. The lowest BCUT2D eigenvalue weighted by Crippen LogP contribution is -2.40. The van der Waals surface area contributed by atoms with Gasteiger partial charge in [-0.15, -0.1) is 0 Å². The average Bonchev–Trinajstić information content (AvgIpc) is 3.19. The van der Waals surface area contributed by atoms with Crippen molar-refractivity contribution in [2.75, 3.05) is 4.90 Å². The van der Waals surface area contributed by atoms with Crippen molar-refractivity contribution in [3.63, 3.8) is 0 Å². The molecule has 1 aromatic heterocycles. The van der Waals surface area contributed by atoms with E-state index >= 15 is 0 Å². The van der Waals surface area contributed by atoms with Gasteiger partial charge in [0.25, 0.3) is 0 Å². The van der Waals surface area contributed by atoms with Crippen LogP contribution >= 0.6 is 0 Å². The van der Waals surface area contributed by atoms with Crippen molar-refractivity contribution in [2.24, 2.45) is 11.8 Å². The minimum Gasteiger partial charge on any atom is -0.367 e. The van der Waals surface area contributed by atoms with Crippen LogP contribution in [0.4, 0.5) is 5.69 Å². The second-order valence-corrected chi connectivity index (χ2v) is 7.13. The van der Waals surface area contributed by atoms with Crippen molar-refractivity contribution in [2.45, 2.75) is 37.9 Å². The van der Waals surface area contributed by atoms with Crippen LogP contribution in [0.5, 0.6) is 0 Å². The van der Waals surface area contributed by atoms with Crippen LogP contribution in [-0.4, -0.2) is 33.3 Å². The highest BCUT2D eigenvalue weighted by atomic mass is 16.6. The number of ether oxygens (including phenoxy) is 1. The number of nitrogens with zero attached hydrogens (tertiary/aromatic N) is 3. The lowest BCUT2D eigenvalue weighted by Gasteiger charge is -2.27. The van der Waals surface area contributed by atoms with Crippen LogP contribution < -0.4 is 4.90 Å². The maximum Gasteiger partial charge on any atom is 0.240 e. The molecule has 0 radical (unpaired) electrons. The molecule has 0 N–H and O–H groups in total. The number of carbonyl (C=O) groups excluding carboxylic acids is 2. The van der Waals surface area contributed by atoms with Crippen LogP contribution in [0.15, 0.2) is 22.8 Å². The molecule has 4 atom stereocenters. The highest BCUT2D eigenvalue weighted by molar-refractivity contribution is 6.23. The van der Waals surface area contributed by atoms with Crippen LogP contribution in [0.25, 0.3) is 11.0 Å². The zero-order valence-electron chi connectivity index (χ0n) is 12.8. The van der Waals surface area contributed by atoms with Gasteiger partial charge < -0.3 is 4.74 Å². The summed E-state index contributed by atoms with van der Waals surface area (Å²) in [5.74, 6) is -1.16. The van der Waals surface area contributed by atoms with Gasteiger partial charge in [-0.1, -0.05) is 0 Å². The van der Waals surface area contributed by atoms with Crippen molar-refractivity contribution < 1.29 is 19.0 Å². The van der Waals surface area contributed by atoms with Crippen molar-refractivity contribution in [1.82, 2.24) is 10.3 Å². The summed E-state index contributed by atoms with van der Waals surface area (Å²) in [4.78, 5) is 27.2. The Morgan fingerprint density at radius 3 is 2.30 bits per heavy atom. The predicted molar refractivity (Wildman–Crippen MR) is 78.4 cm³/mol. The van der Waals surface area contributed by atoms with Crippen molar-refractivity contribution in [3.8, 4) is 0 Å². The van der Waals surface area contributed by atoms with Gasteiger partial charge in [-0.2, -0.15) is 0 Å². The zero-order chi connectivity index (χ0) is 16.0. The highest BCUT2D eigenvalue weighted by Crippen LogP contribution is 2.60. The fourth-order valence-corrected chi connectivity index (χ4v) is 4.63. The van der Waals surface area contributed by atoms with Gasteiger partial charge in [-0.05, 0) is 55.2 Å². The van der Waals surface area contributed by atoms with E-state index in [2.05, 4.69) is 14.9 Å². The van der Waals surface area contributed by atoms with Crippen LogP contribution in [0.3, 0.4) is 0 Å². The van der Waals surface area contributed by atoms with E-state index in [0.717, 1.165) is 12.8 Å². The summed E-state index contributed by atoms with van der Waals surface area (Å²) in [7, 11) is 0. The Bertz CT molecular complexity index is 843. The van der Waals surface area contributed by atoms with Crippen LogP contribution in [0, 0.1) is 11.8 Å². The third-order valence-electron chi connectivity index (χ3n) is 5.70. The van der Waals surface area contributed by atoms with Crippen LogP contribution in [0.1, 0.15) is 26.7 Å². The Hall–Kier alpha value is -2.28. The zero-order valence-corrected chi connectivity index (χ0v) is 12.8. The second kappa shape index (κ2) is 3.79. The number of benzene rings is 1. The molecule has 3 aliphatic rings. The topological polar surface area (TPSA) is 85.5 Å². The van der Waals surface area contributed by atoms with Gasteiger partial charge >= 0.3 is 0 Å². The van der Waals surface area contributed by atoms with E-state index in [1.54, 1.807) is 18.2 Å². The summed E-state index contributed by atoms with van der Waals surface area (Å²) in [6.45, 7) is 3.89. The molecule has 3 aliphatic heterocycles. The summed E-state index contributed by atoms with van der Waals surface area (Å²) in [6.07, 6.45) is 1.62. The Morgan fingerprint density at radius 2 is 1.65 bits per heavy atom. The maximum atomic E-state index is 13.0. The molecule has 2 aromatic rings. The SMILES string of the molecule is CC12CCC(C)(O1)C1C(=O)N(c3ccc4nonc4c3)C(=O)C12. The highest BCUT2D eigenvalue weighted by Gasteiger charge is 2.72. The number of hydrogen-bond acceptors (Lipinski definition) is 6. The van der Waals surface area contributed by atoms with E-state index in [1.165, 1.54) is 4.90 Å². The smallest absolute Gasteiger partial charge is 0.240 e. The van der Waals surface area contributed by atoms with Crippen molar-refractivity contribution in [1.29, 1.82) is 0 Å². The minimum absolute atomic E-state index is 0.179. The molecule has 3 fully saturated rings. The third kappa shape index (κ3) is 1.43. The molecule has 4 heterocycles. The monoisotopic (exact) mass is 313 g/mol. The average molecular weight is 313 g/mol. The number of rotatable bonds is 1. The number of hydrogen-bond donors (Lipinski definition) is 0.